The zero-order valence-corrected chi connectivity index (χ0v) is 20.8. The Balaban J connectivity index is 1.16. The van der Waals surface area contributed by atoms with Gasteiger partial charge in [-0.25, -0.2) is 4.99 Å². The Kier molecular flexibility index (Phi) is 9.40. The van der Waals surface area contributed by atoms with Crippen LogP contribution in [0.4, 0.5) is 5.69 Å². The molecule has 192 valence electrons. The summed E-state index contributed by atoms with van der Waals surface area (Å²) < 4.78 is 6.00. The number of amides is 2. The van der Waals surface area contributed by atoms with Gasteiger partial charge in [0.25, 0.3) is 0 Å². The highest BCUT2D eigenvalue weighted by atomic mass is 16.5. The number of ether oxygens (including phenoxy) is 1. The second kappa shape index (κ2) is 12.9. The third kappa shape index (κ3) is 7.19. The highest BCUT2D eigenvalue weighted by Gasteiger charge is 2.30. The normalized spacial score (nSPS) is 17.5. The molecule has 0 radical (unpaired) electrons. The van der Waals surface area contributed by atoms with Crippen molar-refractivity contribution in [2.75, 3.05) is 32.8 Å². The van der Waals surface area contributed by atoms with E-state index in [1.807, 2.05) is 28.0 Å². The van der Waals surface area contributed by atoms with E-state index in [1.54, 1.807) is 0 Å². The van der Waals surface area contributed by atoms with E-state index in [4.69, 9.17) is 4.74 Å². The number of fused-ring (bicyclic) bond motifs is 2. The number of nitrogens with zero attached hydrogens (tertiary/aromatic N) is 3. The van der Waals surface area contributed by atoms with E-state index >= 15 is 0 Å². The molecule has 2 heterocycles. The molecule has 0 spiro atoms. The van der Waals surface area contributed by atoms with Crippen LogP contribution >= 0.6 is 0 Å². The molecule has 1 saturated carbocycles. The van der Waals surface area contributed by atoms with Crippen molar-refractivity contribution in [3.63, 3.8) is 0 Å². The molecule has 1 saturated heterocycles. The van der Waals surface area contributed by atoms with Crippen LogP contribution in [0.25, 0.3) is 0 Å². The Morgan fingerprint density at radius 3 is 2.80 bits per heavy atom. The van der Waals surface area contributed by atoms with Crippen LogP contribution in [0.3, 0.4) is 0 Å². The Hall–Kier alpha value is -2.61. The molecule has 3 aliphatic rings. The number of hydrogen-bond acceptors (Lipinski definition) is 6. The van der Waals surface area contributed by atoms with Crippen molar-refractivity contribution in [3.05, 3.63) is 23.8 Å². The largest absolute Gasteiger partial charge is 0.491 e. The van der Waals surface area contributed by atoms with Crippen molar-refractivity contribution >= 4 is 23.5 Å². The molecule has 0 unspecified atom stereocenters. The minimum Gasteiger partial charge on any atom is -0.491 e. The number of guanidine groups is 1. The fraction of sp³-hybridized carbons (Fsp3) is 0.667. The summed E-state index contributed by atoms with van der Waals surface area (Å²) in [4.78, 5) is 32.7. The Morgan fingerprint density at radius 2 is 1.97 bits per heavy atom. The van der Waals surface area contributed by atoms with Gasteiger partial charge in [0, 0.05) is 31.6 Å². The smallest absolute Gasteiger partial charge is 0.246 e. The van der Waals surface area contributed by atoms with Gasteiger partial charge in [-0.05, 0) is 31.2 Å². The molecule has 0 bridgehead atoms. The quantitative estimate of drug-likeness (QED) is 0.416. The number of carbonyl (C=O) groups is 2. The number of nitrogens with one attached hydrogen (secondary N) is 1. The zero-order valence-electron chi connectivity index (χ0n) is 20.8. The summed E-state index contributed by atoms with van der Waals surface area (Å²) >= 11 is 0. The molecule has 0 atom stereocenters. The molecule has 8 nitrogen and oxygen atoms in total. The van der Waals surface area contributed by atoms with Gasteiger partial charge in [0.2, 0.25) is 17.8 Å². The van der Waals surface area contributed by atoms with E-state index < -0.39 is 0 Å². The molecule has 4 rings (SSSR count). The highest BCUT2D eigenvalue weighted by molar-refractivity contribution is 6.06. The van der Waals surface area contributed by atoms with Gasteiger partial charge in [0.05, 0.1) is 13.2 Å². The van der Waals surface area contributed by atoms with Gasteiger partial charge < -0.3 is 19.6 Å². The number of rotatable bonds is 13. The average Bonchev–Trinajstić information content (AvgIpc) is 3.23. The lowest BCUT2D eigenvalue weighted by Gasteiger charge is -2.24. The molecule has 2 fully saturated rings. The monoisotopic (exact) mass is 484 g/mol. The average molecular weight is 485 g/mol. The number of aliphatic hydroxyl groups excluding tert-OH is 1. The van der Waals surface area contributed by atoms with E-state index in [0.717, 1.165) is 43.0 Å². The third-order valence-corrected chi connectivity index (χ3v) is 7.33. The predicted octanol–water partition coefficient (Wildman–Crippen LogP) is 3.74. The highest BCUT2D eigenvalue weighted by Crippen LogP contribution is 2.36. The summed E-state index contributed by atoms with van der Waals surface area (Å²) in [5, 5.41) is 12.2. The first kappa shape index (κ1) is 25.5. The summed E-state index contributed by atoms with van der Waals surface area (Å²) in [6, 6.07) is 5.86. The molecule has 35 heavy (non-hydrogen) atoms. The second-order valence-corrected chi connectivity index (χ2v) is 10.0. The van der Waals surface area contributed by atoms with Crippen molar-refractivity contribution in [2.24, 2.45) is 10.9 Å². The summed E-state index contributed by atoms with van der Waals surface area (Å²) in [7, 11) is 0. The van der Waals surface area contributed by atoms with E-state index in [-0.39, 0.29) is 18.4 Å². The number of para-hydroxylation sites is 1. The fourth-order valence-corrected chi connectivity index (χ4v) is 5.38. The summed E-state index contributed by atoms with van der Waals surface area (Å²) in [5.74, 6) is 2.26. The molecule has 1 aliphatic carbocycles. The molecular weight excluding hydrogens is 444 g/mol. The van der Waals surface area contributed by atoms with Crippen LogP contribution in [0.1, 0.15) is 76.2 Å². The van der Waals surface area contributed by atoms with Crippen molar-refractivity contribution in [1.29, 1.82) is 0 Å². The molecule has 8 heteroatoms. The summed E-state index contributed by atoms with van der Waals surface area (Å²) in [5.41, 5.74) is 1.82. The van der Waals surface area contributed by atoms with Gasteiger partial charge in [-0.3, -0.25) is 14.9 Å². The van der Waals surface area contributed by atoms with E-state index in [1.165, 1.54) is 44.9 Å². The topological polar surface area (TPSA) is 94.5 Å². The molecule has 2 N–H and O–H groups in total. The standard InChI is InChI=1S/C27H40N4O4/c32-17-16-30(15-6-4-11-21-9-2-1-3-10-21)25(34)14-5-7-18-35-23-13-8-12-22-19-31-20-24(33)28-27(31)29-26(22)23/h8,12-13,21,32H,1-7,9-11,14-20H2,(H,28,29,33). The molecule has 1 aromatic carbocycles. The number of aliphatic hydroxyl groups is 1. The van der Waals surface area contributed by atoms with Gasteiger partial charge in [-0.2, -0.15) is 0 Å². The lowest BCUT2D eigenvalue weighted by Crippen LogP contribution is -2.34. The Labute approximate surface area is 208 Å². The molecular formula is C27H40N4O4. The van der Waals surface area contributed by atoms with Crippen molar-refractivity contribution < 1.29 is 19.4 Å². The van der Waals surface area contributed by atoms with E-state index in [0.29, 0.717) is 44.4 Å². The number of carbonyl (C=O) groups excluding carboxylic acids is 2. The lowest BCUT2D eigenvalue weighted by molar-refractivity contribution is -0.132. The lowest BCUT2D eigenvalue weighted by atomic mass is 9.86. The first-order valence-corrected chi connectivity index (χ1v) is 13.4. The van der Waals surface area contributed by atoms with Crippen LogP contribution in [0.2, 0.25) is 0 Å². The van der Waals surface area contributed by atoms with Gasteiger partial charge in [-0.15, -0.1) is 0 Å². The summed E-state index contributed by atoms with van der Waals surface area (Å²) in [6.45, 7) is 2.66. The van der Waals surface area contributed by atoms with Gasteiger partial charge in [-0.1, -0.05) is 57.1 Å². The Bertz CT molecular complexity index is 897. The first-order valence-electron chi connectivity index (χ1n) is 13.4. The van der Waals surface area contributed by atoms with Crippen LogP contribution < -0.4 is 10.1 Å². The number of aliphatic imine (C=N–C) groups is 1. The number of hydrogen-bond donors (Lipinski definition) is 2. The van der Waals surface area contributed by atoms with Crippen molar-refractivity contribution in [1.82, 2.24) is 15.1 Å². The van der Waals surface area contributed by atoms with Gasteiger partial charge >= 0.3 is 0 Å². The number of benzene rings is 1. The maximum Gasteiger partial charge on any atom is 0.246 e. The Morgan fingerprint density at radius 1 is 1.11 bits per heavy atom. The van der Waals surface area contributed by atoms with Crippen LogP contribution in [0.5, 0.6) is 5.75 Å². The molecule has 1 aromatic rings. The van der Waals surface area contributed by atoms with Gasteiger partial charge in [0.15, 0.2) is 0 Å². The second-order valence-electron chi connectivity index (χ2n) is 10.0. The number of unbranched alkanes of at least 4 members (excludes halogenated alkanes) is 2. The van der Waals surface area contributed by atoms with Crippen LogP contribution in [-0.2, 0) is 16.1 Å². The van der Waals surface area contributed by atoms with Crippen LogP contribution in [0.15, 0.2) is 23.2 Å². The summed E-state index contributed by atoms with van der Waals surface area (Å²) in [6.07, 6.45) is 12.3. The van der Waals surface area contributed by atoms with Crippen LogP contribution in [-0.4, -0.2) is 65.5 Å². The maximum absolute atomic E-state index is 12.7. The fourth-order valence-electron chi connectivity index (χ4n) is 5.38. The van der Waals surface area contributed by atoms with Crippen molar-refractivity contribution in [3.8, 4) is 5.75 Å². The van der Waals surface area contributed by atoms with Gasteiger partial charge in [0.1, 0.15) is 18.0 Å². The molecule has 0 aromatic heterocycles. The molecule has 2 amide bonds. The van der Waals surface area contributed by atoms with Crippen molar-refractivity contribution in [2.45, 2.75) is 77.2 Å². The SMILES string of the molecule is O=C1CN2Cc3cccc(OCCCCC(=O)N(CCO)CCCCC4CCCCC4)c3N=C2N1. The van der Waals surface area contributed by atoms with E-state index in [2.05, 4.69) is 10.3 Å². The maximum atomic E-state index is 12.7. The zero-order chi connectivity index (χ0) is 24.5. The minimum atomic E-state index is -0.0387. The molecule has 2 aliphatic heterocycles. The predicted molar refractivity (Wildman–Crippen MR) is 136 cm³/mol. The van der Waals surface area contributed by atoms with E-state index in [9.17, 15) is 14.7 Å². The first-order chi connectivity index (χ1) is 17.1. The van der Waals surface area contributed by atoms with Crippen LogP contribution in [0, 0.1) is 5.92 Å². The third-order valence-electron chi connectivity index (χ3n) is 7.33. The minimum absolute atomic E-state index is 0.0109.